The molecule has 2 N–H and O–H groups in total. The van der Waals surface area contributed by atoms with E-state index in [0.29, 0.717) is 50.7 Å². The molecule has 9 heteroatoms. The highest BCUT2D eigenvalue weighted by atomic mass is 32.2. The normalized spacial score (nSPS) is 15.5. The highest BCUT2D eigenvalue weighted by molar-refractivity contribution is 7.92. The number of ether oxygens (including phenoxy) is 2. The number of aromatic nitrogens is 1. The summed E-state index contributed by atoms with van der Waals surface area (Å²) in [5, 5.41) is 9.73. The number of nitrogens with one attached hydrogen (secondary N) is 1. The van der Waals surface area contributed by atoms with E-state index in [9.17, 15) is 18.3 Å². The highest BCUT2D eigenvalue weighted by Crippen LogP contribution is 2.27. The lowest BCUT2D eigenvalue weighted by molar-refractivity contribution is 0.0494. The number of sulfonamides is 1. The van der Waals surface area contributed by atoms with Gasteiger partial charge >= 0.3 is 0 Å². The van der Waals surface area contributed by atoms with Gasteiger partial charge < -0.3 is 14.6 Å². The average molecular weight is 505 g/mol. The molecule has 3 rings (SSSR count). The molecule has 192 valence electrons. The third-order valence-electron chi connectivity index (χ3n) is 6.35. The van der Waals surface area contributed by atoms with E-state index in [1.54, 1.807) is 6.07 Å². The number of hydrogen-bond acceptors (Lipinski definition) is 7. The summed E-state index contributed by atoms with van der Waals surface area (Å²) in [6.07, 6.45) is 5.14. The standard InChI is InChI=1S/C26H36N2O6S/c1-4-19-6-9-24(21(14-19)7-8-22(30)5-2)28-35(31,32)26-15-23(18(3)29)25(16-27-26)34-17-20-10-12-33-13-11-20/h6,9,14-16,20,22,28,30H,4-5,7-8,10-13,17H2,1-3H3. The summed E-state index contributed by atoms with van der Waals surface area (Å²) in [5.41, 5.74) is 2.51. The summed E-state index contributed by atoms with van der Waals surface area (Å²) in [6.45, 7) is 7.11. The van der Waals surface area contributed by atoms with Gasteiger partial charge in [0.1, 0.15) is 5.75 Å². The van der Waals surface area contributed by atoms with Gasteiger partial charge in [0.15, 0.2) is 10.8 Å². The zero-order valence-corrected chi connectivity index (χ0v) is 21.6. The number of nitrogens with zero attached hydrogens (tertiary/aromatic N) is 1. The third kappa shape index (κ3) is 7.49. The number of aliphatic hydroxyl groups is 1. The van der Waals surface area contributed by atoms with Gasteiger partial charge in [-0.15, -0.1) is 0 Å². The van der Waals surface area contributed by atoms with E-state index >= 15 is 0 Å². The van der Waals surface area contributed by atoms with Crippen LogP contribution in [0.15, 0.2) is 35.5 Å². The number of Topliss-reactive ketones (excluding diaryl/α,β-unsaturated/α-hetero) is 1. The van der Waals surface area contributed by atoms with Gasteiger partial charge in [-0.1, -0.05) is 26.0 Å². The van der Waals surface area contributed by atoms with Crippen LogP contribution in [0.2, 0.25) is 0 Å². The fourth-order valence-electron chi connectivity index (χ4n) is 3.98. The Hall–Kier alpha value is -2.49. The summed E-state index contributed by atoms with van der Waals surface area (Å²) >= 11 is 0. The number of carbonyl (C=O) groups excluding carboxylic acids is 1. The zero-order valence-electron chi connectivity index (χ0n) is 20.7. The smallest absolute Gasteiger partial charge is 0.279 e. The van der Waals surface area contributed by atoms with Crippen molar-refractivity contribution >= 4 is 21.5 Å². The van der Waals surface area contributed by atoms with E-state index in [0.717, 1.165) is 30.4 Å². The van der Waals surface area contributed by atoms with Crippen molar-refractivity contribution in [1.82, 2.24) is 4.98 Å². The first kappa shape index (κ1) is 27.1. The zero-order chi connectivity index (χ0) is 25.4. The molecule has 1 aromatic carbocycles. The maximum Gasteiger partial charge on any atom is 0.279 e. The first-order chi connectivity index (χ1) is 16.7. The van der Waals surface area contributed by atoms with E-state index in [1.807, 2.05) is 26.0 Å². The molecule has 1 saturated heterocycles. The number of aryl methyl sites for hydroxylation is 2. The van der Waals surface area contributed by atoms with Gasteiger partial charge in [0.25, 0.3) is 10.0 Å². The second kappa shape index (κ2) is 12.5. The second-order valence-electron chi connectivity index (χ2n) is 8.99. The Morgan fingerprint density at radius 2 is 2.00 bits per heavy atom. The number of ketones is 1. The van der Waals surface area contributed by atoms with Crippen molar-refractivity contribution in [3.63, 3.8) is 0 Å². The van der Waals surface area contributed by atoms with Crippen LogP contribution in [-0.2, 0) is 27.6 Å². The molecule has 1 aliphatic rings. The van der Waals surface area contributed by atoms with Gasteiger partial charge in [0, 0.05) is 13.2 Å². The summed E-state index contributed by atoms with van der Waals surface area (Å²) in [4.78, 5) is 16.4. The SMILES string of the molecule is CCc1ccc(NS(=O)(=O)c2cc(C(C)=O)c(OCC3CCOCC3)cn2)c(CCC(O)CC)c1. The lowest BCUT2D eigenvalue weighted by Crippen LogP contribution is -2.22. The lowest BCUT2D eigenvalue weighted by atomic mass is 10.0. The van der Waals surface area contributed by atoms with Crippen molar-refractivity contribution in [3.8, 4) is 5.75 Å². The number of anilines is 1. The van der Waals surface area contributed by atoms with E-state index in [1.165, 1.54) is 19.2 Å². The third-order valence-corrected chi connectivity index (χ3v) is 7.62. The van der Waals surface area contributed by atoms with Crippen molar-refractivity contribution in [3.05, 3.63) is 47.2 Å². The number of pyridine rings is 1. The van der Waals surface area contributed by atoms with Crippen LogP contribution in [0.3, 0.4) is 0 Å². The van der Waals surface area contributed by atoms with E-state index in [-0.39, 0.29) is 22.1 Å². The Morgan fingerprint density at radius 1 is 1.26 bits per heavy atom. The first-order valence-electron chi connectivity index (χ1n) is 12.3. The maximum atomic E-state index is 13.2. The number of carbonyl (C=O) groups is 1. The molecule has 0 saturated carbocycles. The molecular formula is C26H36N2O6S. The number of rotatable bonds is 12. The average Bonchev–Trinajstić information content (AvgIpc) is 2.86. The molecule has 1 unspecified atom stereocenters. The molecule has 8 nitrogen and oxygen atoms in total. The van der Waals surface area contributed by atoms with E-state index in [2.05, 4.69) is 9.71 Å². The predicted octanol–water partition coefficient (Wildman–Crippen LogP) is 4.16. The molecule has 35 heavy (non-hydrogen) atoms. The molecule has 0 radical (unpaired) electrons. The summed E-state index contributed by atoms with van der Waals surface area (Å²) in [6, 6.07) is 6.84. The molecule has 1 atom stereocenters. The molecule has 2 heterocycles. The molecule has 1 fully saturated rings. The van der Waals surface area contributed by atoms with Crippen LogP contribution in [0.25, 0.3) is 0 Å². The second-order valence-corrected chi connectivity index (χ2v) is 10.6. The fourth-order valence-corrected chi connectivity index (χ4v) is 5.04. The number of benzene rings is 1. The maximum absolute atomic E-state index is 13.2. The van der Waals surface area contributed by atoms with Crippen molar-refractivity contribution in [2.75, 3.05) is 24.5 Å². The van der Waals surface area contributed by atoms with Crippen LogP contribution in [0.1, 0.15) is 67.9 Å². The van der Waals surface area contributed by atoms with Crippen LogP contribution in [0, 0.1) is 5.92 Å². The predicted molar refractivity (Wildman–Crippen MR) is 135 cm³/mol. The van der Waals surface area contributed by atoms with Crippen LogP contribution in [0.4, 0.5) is 5.69 Å². The Balaban J connectivity index is 1.82. The summed E-state index contributed by atoms with van der Waals surface area (Å²) < 4.78 is 40.3. The largest absolute Gasteiger partial charge is 0.491 e. The van der Waals surface area contributed by atoms with Crippen molar-refractivity contribution in [2.24, 2.45) is 5.92 Å². The Kier molecular flexibility index (Phi) is 9.65. The number of aliphatic hydroxyl groups excluding tert-OH is 1. The Morgan fingerprint density at radius 3 is 2.66 bits per heavy atom. The molecule has 1 aromatic heterocycles. The van der Waals surface area contributed by atoms with Gasteiger partial charge in [-0.2, -0.15) is 8.42 Å². The first-order valence-corrected chi connectivity index (χ1v) is 13.8. The van der Waals surface area contributed by atoms with Gasteiger partial charge in [-0.05, 0) is 74.6 Å². The van der Waals surface area contributed by atoms with Crippen LogP contribution < -0.4 is 9.46 Å². The van der Waals surface area contributed by atoms with Crippen LogP contribution >= 0.6 is 0 Å². The van der Waals surface area contributed by atoms with Gasteiger partial charge in [-0.25, -0.2) is 4.98 Å². The van der Waals surface area contributed by atoms with Gasteiger partial charge in [-0.3, -0.25) is 9.52 Å². The molecule has 2 aromatic rings. The molecule has 1 aliphatic heterocycles. The van der Waals surface area contributed by atoms with Crippen molar-refractivity contribution in [1.29, 1.82) is 0 Å². The minimum absolute atomic E-state index is 0.181. The quantitative estimate of drug-likeness (QED) is 0.417. The minimum Gasteiger partial charge on any atom is -0.491 e. The Bertz CT molecular complexity index is 1110. The summed E-state index contributed by atoms with van der Waals surface area (Å²) in [5.74, 6) is 0.307. The van der Waals surface area contributed by atoms with E-state index in [4.69, 9.17) is 9.47 Å². The molecule has 0 aliphatic carbocycles. The Labute approximate surface area is 208 Å². The monoisotopic (exact) mass is 504 g/mol. The van der Waals surface area contributed by atoms with Crippen molar-refractivity contribution < 1.29 is 27.8 Å². The number of hydrogen-bond donors (Lipinski definition) is 2. The van der Waals surface area contributed by atoms with Crippen LogP contribution in [-0.4, -0.2) is 50.2 Å². The lowest BCUT2D eigenvalue weighted by Gasteiger charge is -2.22. The van der Waals surface area contributed by atoms with Crippen molar-refractivity contribution in [2.45, 2.75) is 70.4 Å². The summed E-state index contributed by atoms with van der Waals surface area (Å²) in [7, 11) is -4.06. The molecule has 0 bridgehead atoms. The minimum atomic E-state index is -4.06. The fraction of sp³-hybridized carbons (Fsp3) is 0.538. The molecular weight excluding hydrogens is 468 g/mol. The van der Waals surface area contributed by atoms with Gasteiger partial charge in [0.2, 0.25) is 0 Å². The topological polar surface area (TPSA) is 115 Å². The molecule has 0 spiro atoms. The molecule has 0 amide bonds. The van der Waals surface area contributed by atoms with Gasteiger partial charge in [0.05, 0.1) is 30.2 Å². The van der Waals surface area contributed by atoms with E-state index < -0.39 is 16.1 Å². The highest BCUT2D eigenvalue weighted by Gasteiger charge is 2.23. The van der Waals surface area contributed by atoms with Crippen LogP contribution in [0.5, 0.6) is 5.75 Å².